The van der Waals surface area contributed by atoms with E-state index in [2.05, 4.69) is 6.92 Å². The third-order valence-corrected chi connectivity index (χ3v) is 3.90. The molecular weight excluding hydrogens is 246 g/mol. The van der Waals surface area contributed by atoms with Crippen molar-refractivity contribution in [3.8, 4) is 0 Å². The van der Waals surface area contributed by atoms with Gasteiger partial charge in [0.1, 0.15) is 0 Å². The molecule has 0 saturated carbocycles. The standard InChI is InChI=1S/C18H39NO/c1-2-3-4-5-6-7-8-9-10-11-12-13-14-15-17-20-18-16-19/h2-19H2,1H3. The molecule has 0 aromatic heterocycles. The lowest BCUT2D eigenvalue weighted by Crippen LogP contribution is -2.08. The SMILES string of the molecule is CCCCCCCCCCCCCCCCOCCN. The summed E-state index contributed by atoms with van der Waals surface area (Å²) in [5.74, 6) is 0. The molecule has 2 heteroatoms. The molecule has 0 aliphatic heterocycles. The van der Waals surface area contributed by atoms with Crippen molar-refractivity contribution in [3.63, 3.8) is 0 Å². The molecule has 0 spiro atoms. The first kappa shape index (κ1) is 19.9. The molecule has 0 bridgehead atoms. The van der Waals surface area contributed by atoms with E-state index in [9.17, 15) is 0 Å². The van der Waals surface area contributed by atoms with Crippen molar-refractivity contribution in [1.82, 2.24) is 0 Å². The topological polar surface area (TPSA) is 35.2 Å². The van der Waals surface area contributed by atoms with Gasteiger partial charge in [-0.15, -0.1) is 0 Å². The molecule has 0 unspecified atom stereocenters. The molecule has 2 nitrogen and oxygen atoms in total. The van der Waals surface area contributed by atoms with E-state index >= 15 is 0 Å². The Labute approximate surface area is 127 Å². The predicted molar refractivity (Wildman–Crippen MR) is 90.2 cm³/mol. The first-order chi connectivity index (χ1) is 9.91. The fraction of sp³-hybridized carbons (Fsp3) is 1.00. The number of rotatable bonds is 17. The monoisotopic (exact) mass is 285 g/mol. The first-order valence-corrected chi connectivity index (χ1v) is 9.19. The molecule has 0 atom stereocenters. The molecule has 0 rings (SSSR count). The van der Waals surface area contributed by atoms with Crippen LogP contribution in [-0.2, 0) is 4.74 Å². The third kappa shape index (κ3) is 17.9. The highest BCUT2D eigenvalue weighted by molar-refractivity contribution is 4.49. The van der Waals surface area contributed by atoms with Crippen LogP contribution >= 0.6 is 0 Å². The van der Waals surface area contributed by atoms with Gasteiger partial charge in [-0.1, -0.05) is 90.4 Å². The van der Waals surface area contributed by atoms with Crippen LogP contribution in [0, 0.1) is 0 Å². The van der Waals surface area contributed by atoms with Gasteiger partial charge in [0.2, 0.25) is 0 Å². The van der Waals surface area contributed by atoms with Crippen LogP contribution in [0.5, 0.6) is 0 Å². The third-order valence-electron chi connectivity index (χ3n) is 3.90. The van der Waals surface area contributed by atoms with Crippen molar-refractivity contribution < 1.29 is 4.74 Å². The largest absolute Gasteiger partial charge is 0.380 e. The van der Waals surface area contributed by atoms with Crippen molar-refractivity contribution in [1.29, 1.82) is 0 Å². The van der Waals surface area contributed by atoms with E-state index in [0.29, 0.717) is 6.54 Å². The number of hydrogen-bond acceptors (Lipinski definition) is 2. The molecule has 122 valence electrons. The number of hydrogen-bond donors (Lipinski definition) is 1. The summed E-state index contributed by atoms with van der Waals surface area (Å²) in [6.45, 7) is 4.56. The zero-order valence-corrected chi connectivity index (χ0v) is 14.0. The fourth-order valence-electron chi connectivity index (χ4n) is 2.58. The van der Waals surface area contributed by atoms with Crippen LogP contribution in [0.15, 0.2) is 0 Å². The molecule has 0 saturated heterocycles. The first-order valence-electron chi connectivity index (χ1n) is 9.19. The van der Waals surface area contributed by atoms with E-state index < -0.39 is 0 Å². The Morgan fingerprint density at radius 2 is 0.950 bits per heavy atom. The van der Waals surface area contributed by atoms with Gasteiger partial charge in [-0.05, 0) is 6.42 Å². The highest BCUT2D eigenvalue weighted by atomic mass is 16.5. The van der Waals surface area contributed by atoms with E-state index in [-0.39, 0.29) is 0 Å². The summed E-state index contributed by atoms with van der Waals surface area (Å²) in [5, 5.41) is 0. The van der Waals surface area contributed by atoms with Gasteiger partial charge in [0, 0.05) is 13.2 Å². The van der Waals surface area contributed by atoms with E-state index in [1.54, 1.807) is 0 Å². The van der Waals surface area contributed by atoms with Gasteiger partial charge in [0.15, 0.2) is 0 Å². The van der Waals surface area contributed by atoms with Crippen LogP contribution in [0.25, 0.3) is 0 Å². The lowest BCUT2D eigenvalue weighted by Gasteiger charge is -2.04. The molecular formula is C18H39NO. The maximum absolute atomic E-state index is 5.36. The van der Waals surface area contributed by atoms with Gasteiger partial charge < -0.3 is 10.5 Å². The van der Waals surface area contributed by atoms with Gasteiger partial charge in [-0.25, -0.2) is 0 Å². The normalized spacial score (nSPS) is 11.1. The van der Waals surface area contributed by atoms with Gasteiger partial charge in [0.25, 0.3) is 0 Å². The predicted octanol–water partition coefficient (Wildman–Crippen LogP) is 5.44. The lowest BCUT2D eigenvalue weighted by atomic mass is 10.0. The Morgan fingerprint density at radius 1 is 0.550 bits per heavy atom. The zero-order valence-electron chi connectivity index (χ0n) is 14.0. The van der Waals surface area contributed by atoms with Crippen molar-refractivity contribution in [2.24, 2.45) is 5.73 Å². The quantitative estimate of drug-likeness (QED) is 0.361. The van der Waals surface area contributed by atoms with Crippen LogP contribution in [0.3, 0.4) is 0 Å². The smallest absolute Gasteiger partial charge is 0.0588 e. The second-order valence-electron chi connectivity index (χ2n) is 6.00. The minimum atomic E-state index is 0.651. The van der Waals surface area contributed by atoms with Crippen LogP contribution < -0.4 is 5.73 Å². The van der Waals surface area contributed by atoms with Crippen molar-refractivity contribution in [3.05, 3.63) is 0 Å². The average Bonchev–Trinajstić information content (AvgIpc) is 2.47. The second kappa shape index (κ2) is 18.9. The van der Waals surface area contributed by atoms with Crippen molar-refractivity contribution in [2.45, 2.75) is 96.8 Å². The molecule has 0 fully saturated rings. The Hall–Kier alpha value is -0.0800. The van der Waals surface area contributed by atoms with Gasteiger partial charge in [0.05, 0.1) is 6.61 Å². The van der Waals surface area contributed by atoms with Crippen molar-refractivity contribution >= 4 is 0 Å². The van der Waals surface area contributed by atoms with Crippen molar-refractivity contribution in [2.75, 3.05) is 19.8 Å². The van der Waals surface area contributed by atoms with Crippen LogP contribution in [0.2, 0.25) is 0 Å². The maximum Gasteiger partial charge on any atom is 0.0588 e. The Bertz CT molecular complexity index is 143. The van der Waals surface area contributed by atoms with Gasteiger partial charge in [-0.2, -0.15) is 0 Å². The molecule has 0 aromatic rings. The number of nitrogens with two attached hydrogens (primary N) is 1. The molecule has 0 aliphatic carbocycles. The Balaban J connectivity index is 2.89. The average molecular weight is 286 g/mol. The number of unbranched alkanes of at least 4 members (excludes halogenated alkanes) is 13. The zero-order chi connectivity index (χ0) is 14.7. The minimum Gasteiger partial charge on any atom is -0.380 e. The summed E-state index contributed by atoms with van der Waals surface area (Å²) in [6.07, 6.45) is 19.7. The summed E-state index contributed by atoms with van der Waals surface area (Å²) in [6, 6.07) is 0. The molecule has 20 heavy (non-hydrogen) atoms. The van der Waals surface area contributed by atoms with Crippen LogP contribution in [0.4, 0.5) is 0 Å². The Kier molecular flexibility index (Phi) is 18.8. The van der Waals surface area contributed by atoms with Crippen LogP contribution in [0.1, 0.15) is 96.8 Å². The second-order valence-corrected chi connectivity index (χ2v) is 6.00. The van der Waals surface area contributed by atoms with E-state index in [0.717, 1.165) is 13.2 Å². The summed E-state index contributed by atoms with van der Waals surface area (Å²) >= 11 is 0. The van der Waals surface area contributed by atoms with Gasteiger partial charge >= 0.3 is 0 Å². The molecule has 2 N–H and O–H groups in total. The lowest BCUT2D eigenvalue weighted by molar-refractivity contribution is 0.137. The van der Waals surface area contributed by atoms with Gasteiger partial charge in [-0.3, -0.25) is 0 Å². The Morgan fingerprint density at radius 3 is 1.35 bits per heavy atom. The summed E-state index contributed by atoms with van der Waals surface area (Å²) < 4.78 is 5.36. The summed E-state index contributed by atoms with van der Waals surface area (Å²) in [5.41, 5.74) is 5.36. The highest BCUT2D eigenvalue weighted by Crippen LogP contribution is 2.12. The van der Waals surface area contributed by atoms with E-state index in [1.165, 1.54) is 89.9 Å². The van der Waals surface area contributed by atoms with Crippen LogP contribution in [-0.4, -0.2) is 19.8 Å². The molecule has 0 amide bonds. The molecule has 0 aromatic carbocycles. The summed E-state index contributed by atoms with van der Waals surface area (Å²) in [4.78, 5) is 0. The maximum atomic E-state index is 5.36. The fourth-order valence-corrected chi connectivity index (χ4v) is 2.58. The van der Waals surface area contributed by atoms with E-state index in [1.807, 2.05) is 0 Å². The number of ether oxygens (including phenoxy) is 1. The minimum absolute atomic E-state index is 0.651. The molecule has 0 aliphatic rings. The van der Waals surface area contributed by atoms with E-state index in [4.69, 9.17) is 10.5 Å². The highest BCUT2D eigenvalue weighted by Gasteiger charge is 1.94. The molecule has 0 heterocycles. The summed E-state index contributed by atoms with van der Waals surface area (Å²) in [7, 11) is 0. The molecule has 0 radical (unpaired) electrons.